The predicted molar refractivity (Wildman–Crippen MR) is 81.5 cm³/mol. The van der Waals surface area contributed by atoms with Crippen LogP contribution in [0.25, 0.3) is 0 Å². The predicted octanol–water partition coefficient (Wildman–Crippen LogP) is 4.25. The second kappa shape index (κ2) is 9.29. The van der Waals surface area contributed by atoms with Gasteiger partial charge >= 0.3 is 5.97 Å². The van der Waals surface area contributed by atoms with Gasteiger partial charge in [0, 0.05) is 23.9 Å². The molecule has 0 radical (unpaired) electrons. The topological polar surface area (TPSA) is 39.2 Å². The fraction of sp³-hybridized carbons (Fsp3) is 0.529. The maximum Gasteiger partial charge on any atom is 0.330 e. The number of pyridine rings is 1. The summed E-state index contributed by atoms with van der Waals surface area (Å²) in [5.74, 6) is 0.127. The summed E-state index contributed by atoms with van der Waals surface area (Å²) in [7, 11) is 0. The summed E-state index contributed by atoms with van der Waals surface area (Å²) >= 11 is 0. The Bertz CT molecular complexity index is 426. The average Bonchev–Trinajstić information content (AvgIpc) is 2.44. The van der Waals surface area contributed by atoms with Crippen LogP contribution in [0.2, 0.25) is 0 Å². The molecular weight excluding hydrogens is 250 g/mol. The van der Waals surface area contributed by atoms with E-state index in [1.54, 1.807) is 6.08 Å². The minimum absolute atomic E-state index is 0.250. The smallest absolute Gasteiger partial charge is 0.330 e. The highest BCUT2D eigenvalue weighted by molar-refractivity contribution is 5.82. The Morgan fingerprint density at radius 3 is 2.80 bits per heavy atom. The number of allylic oxidation sites excluding steroid dienone is 1. The van der Waals surface area contributed by atoms with Gasteiger partial charge in [-0.2, -0.15) is 0 Å². The van der Waals surface area contributed by atoms with E-state index >= 15 is 0 Å². The van der Waals surface area contributed by atoms with E-state index in [0.29, 0.717) is 12.5 Å². The SMILES string of the molecule is CCCCC(CC(C)=CC(=O)OCC)c1ccccn1. The summed E-state index contributed by atoms with van der Waals surface area (Å²) in [6.45, 7) is 6.41. The van der Waals surface area contributed by atoms with Gasteiger partial charge < -0.3 is 4.74 Å². The van der Waals surface area contributed by atoms with E-state index in [-0.39, 0.29) is 5.97 Å². The van der Waals surface area contributed by atoms with Crippen LogP contribution in [0.15, 0.2) is 36.0 Å². The van der Waals surface area contributed by atoms with Crippen LogP contribution < -0.4 is 0 Å². The van der Waals surface area contributed by atoms with Crippen molar-refractivity contribution in [1.82, 2.24) is 4.98 Å². The second-order valence-corrected chi connectivity index (χ2v) is 5.04. The van der Waals surface area contributed by atoms with Crippen LogP contribution in [-0.2, 0) is 9.53 Å². The summed E-state index contributed by atoms with van der Waals surface area (Å²) < 4.78 is 4.95. The Morgan fingerprint density at radius 1 is 1.40 bits per heavy atom. The summed E-state index contributed by atoms with van der Waals surface area (Å²) in [4.78, 5) is 15.9. The number of ether oxygens (including phenoxy) is 1. The molecule has 0 spiro atoms. The first-order valence-corrected chi connectivity index (χ1v) is 7.42. The van der Waals surface area contributed by atoms with Crippen LogP contribution in [0.1, 0.15) is 58.1 Å². The zero-order valence-electron chi connectivity index (χ0n) is 12.8. The molecule has 1 aromatic heterocycles. The number of unbranched alkanes of at least 4 members (excludes halogenated alkanes) is 1. The molecule has 0 aliphatic rings. The molecule has 0 N–H and O–H groups in total. The third-order valence-corrected chi connectivity index (χ3v) is 3.23. The molecule has 0 saturated carbocycles. The van der Waals surface area contributed by atoms with Crippen molar-refractivity contribution in [2.75, 3.05) is 6.61 Å². The second-order valence-electron chi connectivity index (χ2n) is 5.04. The lowest BCUT2D eigenvalue weighted by Gasteiger charge is -2.16. The molecule has 3 nitrogen and oxygen atoms in total. The van der Waals surface area contributed by atoms with Crippen molar-refractivity contribution in [1.29, 1.82) is 0 Å². The van der Waals surface area contributed by atoms with Crippen LogP contribution >= 0.6 is 0 Å². The molecule has 1 atom stereocenters. The standard InChI is InChI=1S/C17H25NO2/c1-4-6-9-15(16-10-7-8-11-18-16)12-14(3)13-17(19)20-5-2/h7-8,10-11,13,15H,4-6,9,12H2,1-3H3. The molecular formula is C17H25NO2. The highest BCUT2D eigenvalue weighted by Gasteiger charge is 2.13. The van der Waals surface area contributed by atoms with Crippen LogP contribution in [0.3, 0.4) is 0 Å². The first-order valence-electron chi connectivity index (χ1n) is 7.42. The number of esters is 1. The molecule has 0 aliphatic heterocycles. The maximum absolute atomic E-state index is 11.5. The maximum atomic E-state index is 11.5. The molecule has 110 valence electrons. The van der Waals surface area contributed by atoms with Crippen LogP contribution in [0.4, 0.5) is 0 Å². The van der Waals surface area contributed by atoms with Crippen molar-refractivity contribution >= 4 is 5.97 Å². The molecule has 0 fully saturated rings. The molecule has 1 unspecified atom stereocenters. The number of carbonyl (C=O) groups excluding carboxylic acids is 1. The van der Waals surface area contributed by atoms with Crippen molar-refractivity contribution < 1.29 is 9.53 Å². The molecule has 0 saturated heterocycles. The van der Waals surface area contributed by atoms with E-state index < -0.39 is 0 Å². The van der Waals surface area contributed by atoms with Crippen molar-refractivity contribution in [2.24, 2.45) is 0 Å². The van der Waals surface area contributed by atoms with Crippen LogP contribution in [0, 0.1) is 0 Å². The molecule has 0 amide bonds. The fourth-order valence-electron chi connectivity index (χ4n) is 2.26. The molecule has 1 aromatic rings. The minimum Gasteiger partial charge on any atom is -0.463 e. The Hall–Kier alpha value is -1.64. The van der Waals surface area contributed by atoms with E-state index in [4.69, 9.17) is 4.74 Å². The molecule has 20 heavy (non-hydrogen) atoms. The van der Waals surface area contributed by atoms with Crippen molar-refractivity contribution in [2.45, 2.75) is 52.4 Å². The Balaban J connectivity index is 2.72. The van der Waals surface area contributed by atoms with Gasteiger partial charge in [0.2, 0.25) is 0 Å². The van der Waals surface area contributed by atoms with E-state index in [1.165, 1.54) is 12.8 Å². The largest absolute Gasteiger partial charge is 0.463 e. The fourth-order valence-corrected chi connectivity index (χ4v) is 2.26. The molecule has 1 rings (SSSR count). The highest BCUT2D eigenvalue weighted by Crippen LogP contribution is 2.27. The van der Waals surface area contributed by atoms with E-state index in [2.05, 4.69) is 18.0 Å². The minimum atomic E-state index is -0.250. The lowest BCUT2D eigenvalue weighted by Crippen LogP contribution is -2.05. The van der Waals surface area contributed by atoms with Gasteiger partial charge in [-0.1, -0.05) is 31.4 Å². The Kier molecular flexibility index (Phi) is 7.63. The molecule has 0 aliphatic carbocycles. The van der Waals surface area contributed by atoms with Crippen molar-refractivity contribution in [3.63, 3.8) is 0 Å². The summed E-state index contributed by atoms with van der Waals surface area (Å²) in [6.07, 6.45) is 7.74. The van der Waals surface area contributed by atoms with E-state index in [9.17, 15) is 4.79 Å². The van der Waals surface area contributed by atoms with Gasteiger partial charge in [0.05, 0.1) is 6.61 Å². The van der Waals surface area contributed by atoms with Crippen LogP contribution in [-0.4, -0.2) is 17.6 Å². The zero-order chi connectivity index (χ0) is 14.8. The van der Waals surface area contributed by atoms with Gasteiger partial charge in [-0.25, -0.2) is 4.79 Å². The van der Waals surface area contributed by atoms with Crippen molar-refractivity contribution in [3.8, 4) is 0 Å². The summed E-state index contributed by atoms with van der Waals surface area (Å²) in [5.41, 5.74) is 2.16. The zero-order valence-corrected chi connectivity index (χ0v) is 12.8. The lowest BCUT2D eigenvalue weighted by molar-refractivity contribution is -0.137. The molecule has 0 aromatic carbocycles. The molecule has 0 bridgehead atoms. The first kappa shape index (κ1) is 16.4. The van der Waals surface area contributed by atoms with E-state index in [0.717, 1.165) is 24.1 Å². The van der Waals surface area contributed by atoms with Gasteiger partial charge in [-0.15, -0.1) is 0 Å². The first-order chi connectivity index (χ1) is 9.67. The van der Waals surface area contributed by atoms with Gasteiger partial charge in [-0.3, -0.25) is 4.98 Å². The highest BCUT2D eigenvalue weighted by atomic mass is 16.5. The number of nitrogens with zero attached hydrogens (tertiary/aromatic N) is 1. The van der Waals surface area contributed by atoms with Gasteiger partial charge in [0.1, 0.15) is 0 Å². The summed E-state index contributed by atoms with van der Waals surface area (Å²) in [5, 5.41) is 0. The monoisotopic (exact) mass is 275 g/mol. The van der Waals surface area contributed by atoms with Gasteiger partial charge in [0.15, 0.2) is 0 Å². The van der Waals surface area contributed by atoms with Gasteiger partial charge in [-0.05, 0) is 38.8 Å². The number of carbonyl (C=O) groups is 1. The Labute approximate surface area is 122 Å². The van der Waals surface area contributed by atoms with Crippen molar-refractivity contribution in [3.05, 3.63) is 41.7 Å². The quantitative estimate of drug-likeness (QED) is 0.526. The number of aromatic nitrogens is 1. The Morgan fingerprint density at radius 2 is 2.20 bits per heavy atom. The number of rotatable bonds is 8. The number of hydrogen-bond acceptors (Lipinski definition) is 3. The third-order valence-electron chi connectivity index (χ3n) is 3.23. The average molecular weight is 275 g/mol. The normalized spacial score (nSPS) is 13.1. The van der Waals surface area contributed by atoms with Gasteiger partial charge in [0.25, 0.3) is 0 Å². The van der Waals surface area contributed by atoms with Crippen LogP contribution in [0.5, 0.6) is 0 Å². The third kappa shape index (κ3) is 6.00. The molecule has 1 heterocycles. The number of hydrogen-bond donors (Lipinski definition) is 0. The summed E-state index contributed by atoms with van der Waals surface area (Å²) in [6, 6.07) is 6.02. The molecule has 3 heteroatoms. The van der Waals surface area contributed by atoms with E-state index in [1.807, 2.05) is 32.2 Å². The lowest BCUT2D eigenvalue weighted by atomic mass is 9.91.